The number of carbonyl (C=O) groups is 1. The van der Waals surface area contributed by atoms with E-state index in [2.05, 4.69) is 0 Å². The minimum atomic E-state index is -4.38. The maximum Gasteiger partial charge on any atom is 0.406 e. The Balaban J connectivity index is 2.49. The highest BCUT2D eigenvalue weighted by Crippen LogP contribution is 2.20. The van der Waals surface area contributed by atoms with Crippen LogP contribution in [0.25, 0.3) is 0 Å². The number of hydrogen-bond acceptors (Lipinski definition) is 2. The van der Waals surface area contributed by atoms with Crippen molar-refractivity contribution in [2.24, 2.45) is 0 Å². The fourth-order valence-corrected chi connectivity index (χ4v) is 1.12. The molecule has 1 fully saturated rings. The van der Waals surface area contributed by atoms with Gasteiger partial charge in [-0.25, -0.2) is 0 Å². The van der Waals surface area contributed by atoms with Gasteiger partial charge >= 0.3 is 6.18 Å². The zero-order valence-corrected chi connectivity index (χ0v) is 6.14. The van der Waals surface area contributed by atoms with E-state index in [4.69, 9.17) is 5.11 Å². The smallest absolute Gasteiger partial charge is 0.391 e. The molecule has 1 rings (SSSR count). The topological polar surface area (TPSA) is 40.5 Å². The lowest BCUT2D eigenvalue weighted by Gasteiger charge is -2.17. The molecule has 0 radical (unpaired) electrons. The predicted molar refractivity (Wildman–Crippen MR) is 33.3 cm³/mol. The summed E-state index contributed by atoms with van der Waals surface area (Å²) in [4.78, 5) is 11.3. The van der Waals surface area contributed by atoms with Crippen LogP contribution in [0.3, 0.4) is 0 Å². The Morgan fingerprint density at radius 1 is 1.58 bits per heavy atom. The quantitative estimate of drug-likeness (QED) is 0.628. The number of nitrogens with zero attached hydrogens (tertiary/aromatic N) is 1. The molecule has 6 heteroatoms. The van der Waals surface area contributed by atoms with Crippen molar-refractivity contribution < 1.29 is 23.1 Å². The number of halogens is 3. The fraction of sp³-hybridized carbons (Fsp3) is 0.833. The van der Waals surface area contributed by atoms with Crippen LogP contribution in [0.4, 0.5) is 13.2 Å². The normalized spacial score (nSPS) is 25.2. The van der Waals surface area contributed by atoms with Crippen LogP contribution in [-0.4, -0.2) is 41.3 Å². The molecule has 0 aromatic heterocycles. The Morgan fingerprint density at radius 2 is 2.17 bits per heavy atom. The lowest BCUT2D eigenvalue weighted by molar-refractivity contribution is -0.157. The number of β-amino-alcohol motifs (C(OH)–C–C–N with tert-alkyl or cyclic N) is 1. The molecule has 1 aliphatic heterocycles. The van der Waals surface area contributed by atoms with Crippen molar-refractivity contribution >= 4 is 5.91 Å². The summed E-state index contributed by atoms with van der Waals surface area (Å²) in [5, 5.41) is 8.84. The molecule has 0 bridgehead atoms. The maximum absolute atomic E-state index is 11.7. The van der Waals surface area contributed by atoms with Gasteiger partial charge in [0.2, 0.25) is 5.91 Å². The monoisotopic (exact) mass is 183 g/mol. The Kier molecular flexibility index (Phi) is 2.27. The average molecular weight is 183 g/mol. The SMILES string of the molecule is O=C1CC(O)CN1CC(F)(F)F. The molecule has 0 spiro atoms. The molecule has 0 aliphatic carbocycles. The van der Waals surface area contributed by atoms with Gasteiger partial charge in [-0.15, -0.1) is 0 Å². The second-order valence-electron chi connectivity index (χ2n) is 2.75. The van der Waals surface area contributed by atoms with E-state index in [0.29, 0.717) is 4.90 Å². The second kappa shape index (κ2) is 2.93. The van der Waals surface area contributed by atoms with E-state index in [0.717, 1.165) is 0 Å². The molecule has 0 aromatic rings. The molecular formula is C6H8F3NO2. The van der Waals surface area contributed by atoms with Gasteiger partial charge in [0.05, 0.1) is 12.5 Å². The summed E-state index contributed by atoms with van der Waals surface area (Å²) in [6, 6.07) is 0. The van der Waals surface area contributed by atoms with Gasteiger partial charge in [-0.2, -0.15) is 13.2 Å². The van der Waals surface area contributed by atoms with Crippen LogP contribution in [0.2, 0.25) is 0 Å². The van der Waals surface area contributed by atoms with Gasteiger partial charge < -0.3 is 10.0 Å². The molecule has 1 amide bonds. The van der Waals surface area contributed by atoms with Gasteiger partial charge in [0, 0.05) is 6.54 Å². The Labute approximate surface area is 66.8 Å². The number of amides is 1. The molecular weight excluding hydrogens is 175 g/mol. The minimum Gasteiger partial charge on any atom is -0.391 e. The molecule has 1 unspecified atom stereocenters. The lowest BCUT2D eigenvalue weighted by atomic mass is 10.3. The van der Waals surface area contributed by atoms with Gasteiger partial charge in [0.25, 0.3) is 0 Å². The first kappa shape index (κ1) is 9.31. The number of alkyl halides is 3. The largest absolute Gasteiger partial charge is 0.406 e. The highest BCUT2D eigenvalue weighted by molar-refractivity contribution is 5.79. The molecule has 1 saturated heterocycles. The molecule has 12 heavy (non-hydrogen) atoms. The molecule has 70 valence electrons. The number of aliphatic hydroxyl groups is 1. The zero-order valence-electron chi connectivity index (χ0n) is 6.14. The average Bonchev–Trinajstić information content (AvgIpc) is 2.06. The minimum absolute atomic E-state index is 0.198. The van der Waals surface area contributed by atoms with Crippen LogP contribution in [0.5, 0.6) is 0 Å². The molecule has 1 atom stereocenters. The van der Waals surface area contributed by atoms with Gasteiger partial charge in [0.15, 0.2) is 0 Å². The van der Waals surface area contributed by atoms with E-state index in [1.807, 2.05) is 0 Å². The van der Waals surface area contributed by atoms with Crippen molar-refractivity contribution in [2.75, 3.05) is 13.1 Å². The summed E-state index contributed by atoms with van der Waals surface area (Å²) in [6.07, 6.45) is -5.52. The van der Waals surface area contributed by atoms with E-state index in [-0.39, 0.29) is 13.0 Å². The van der Waals surface area contributed by atoms with Crippen LogP contribution in [0.15, 0.2) is 0 Å². The van der Waals surface area contributed by atoms with Gasteiger partial charge in [-0.05, 0) is 0 Å². The number of rotatable bonds is 1. The number of likely N-dealkylation sites (tertiary alicyclic amines) is 1. The van der Waals surface area contributed by atoms with Crippen molar-refractivity contribution in [2.45, 2.75) is 18.7 Å². The van der Waals surface area contributed by atoms with E-state index in [1.54, 1.807) is 0 Å². The van der Waals surface area contributed by atoms with E-state index >= 15 is 0 Å². The van der Waals surface area contributed by atoms with E-state index in [1.165, 1.54) is 0 Å². The summed E-state index contributed by atoms with van der Waals surface area (Å²) in [7, 11) is 0. The van der Waals surface area contributed by atoms with Crippen LogP contribution in [0, 0.1) is 0 Å². The standard InChI is InChI=1S/C6H8F3NO2/c7-6(8,9)3-10-2-4(11)1-5(10)12/h4,11H,1-3H2. The molecule has 0 aromatic carbocycles. The first-order valence-electron chi connectivity index (χ1n) is 3.41. The van der Waals surface area contributed by atoms with E-state index < -0.39 is 24.7 Å². The van der Waals surface area contributed by atoms with Gasteiger partial charge in [-0.3, -0.25) is 4.79 Å². The molecule has 1 heterocycles. The van der Waals surface area contributed by atoms with Crippen molar-refractivity contribution in [3.05, 3.63) is 0 Å². The number of aliphatic hydroxyl groups excluding tert-OH is 1. The van der Waals surface area contributed by atoms with Crippen LogP contribution in [0.1, 0.15) is 6.42 Å². The number of hydrogen-bond donors (Lipinski definition) is 1. The van der Waals surface area contributed by atoms with Crippen molar-refractivity contribution in [3.63, 3.8) is 0 Å². The van der Waals surface area contributed by atoms with Crippen LogP contribution < -0.4 is 0 Å². The van der Waals surface area contributed by atoms with E-state index in [9.17, 15) is 18.0 Å². The van der Waals surface area contributed by atoms with Gasteiger partial charge in [-0.1, -0.05) is 0 Å². The number of carbonyl (C=O) groups excluding carboxylic acids is 1. The third-order valence-corrected chi connectivity index (χ3v) is 1.56. The molecule has 1 aliphatic rings. The third kappa shape index (κ3) is 2.37. The highest BCUT2D eigenvalue weighted by atomic mass is 19.4. The first-order valence-corrected chi connectivity index (χ1v) is 3.41. The van der Waals surface area contributed by atoms with Crippen LogP contribution in [-0.2, 0) is 4.79 Å². The summed E-state index contributed by atoms with van der Waals surface area (Å²) in [5.41, 5.74) is 0. The molecule has 3 nitrogen and oxygen atoms in total. The highest BCUT2D eigenvalue weighted by Gasteiger charge is 2.37. The Hall–Kier alpha value is -0.780. The van der Waals surface area contributed by atoms with Gasteiger partial charge in [0.1, 0.15) is 6.54 Å². The zero-order chi connectivity index (χ0) is 9.35. The second-order valence-corrected chi connectivity index (χ2v) is 2.75. The Bertz CT molecular complexity index is 192. The predicted octanol–water partition coefficient (Wildman–Crippen LogP) is 0.142. The molecule has 0 saturated carbocycles. The first-order chi connectivity index (χ1) is 5.38. The third-order valence-electron chi connectivity index (χ3n) is 1.56. The van der Waals surface area contributed by atoms with Crippen molar-refractivity contribution in [3.8, 4) is 0 Å². The van der Waals surface area contributed by atoms with Crippen molar-refractivity contribution in [1.82, 2.24) is 4.90 Å². The van der Waals surface area contributed by atoms with Crippen LogP contribution >= 0.6 is 0 Å². The maximum atomic E-state index is 11.7. The molecule has 1 N–H and O–H groups in total. The summed E-state index contributed by atoms with van der Waals surface area (Å²) < 4.78 is 35.2. The lowest BCUT2D eigenvalue weighted by Crippen LogP contribution is -2.35. The Morgan fingerprint density at radius 3 is 2.50 bits per heavy atom. The summed E-state index contributed by atoms with van der Waals surface area (Å²) >= 11 is 0. The summed E-state index contributed by atoms with van der Waals surface area (Å²) in [6.45, 7) is -1.47. The fourth-order valence-electron chi connectivity index (χ4n) is 1.12. The van der Waals surface area contributed by atoms with Crippen molar-refractivity contribution in [1.29, 1.82) is 0 Å². The summed E-state index contributed by atoms with van der Waals surface area (Å²) in [5.74, 6) is -0.639.